The van der Waals surface area contributed by atoms with E-state index in [0.29, 0.717) is 31.4 Å². The fourth-order valence-corrected chi connectivity index (χ4v) is 4.27. The van der Waals surface area contributed by atoms with Crippen LogP contribution in [-0.4, -0.2) is 79.6 Å². The molecule has 1 aliphatic heterocycles. The van der Waals surface area contributed by atoms with Crippen LogP contribution in [-0.2, 0) is 22.6 Å². The lowest BCUT2D eigenvalue weighted by atomic mass is 9.95. The molecule has 1 N–H and O–H groups in total. The van der Waals surface area contributed by atoms with Crippen molar-refractivity contribution in [1.29, 1.82) is 0 Å². The zero-order valence-corrected chi connectivity index (χ0v) is 19.5. The lowest BCUT2D eigenvalue weighted by Gasteiger charge is -2.35. The summed E-state index contributed by atoms with van der Waals surface area (Å²) in [5.74, 6) is 1.22. The molecule has 32 heavy (non-hydrogen) atoms. The van der Waals surface area contributed by atoms with Gasteiger partial charge >= 0.3 is 5.97 Å². The van der Waals surface area contributed by atoms with Gasteiger partial charge in [0.15, 0.2) is 0 Å². The number of aromatic amines is 1. The molecule has 0 atom stereocenters. The Morgan fingerprint density at radius 3 is 2.72 bits per heavy atom. The lowest BCUT2D eigenvalue weighted by Crippen LogP contribution is -2.39. The molecule has 1 aliphatic rings. The average Bonchev–Trinajstić information content (AvgIpc) is 3.27. The maximum Gasteiger partial charge on any atom is 0.356 e. The van der Waals surface area contributed by atoms with Crippen LogP contribution in [0.25, 0.3) is 0 Å². The van der Waals surface area contributed by atoms with E-state index in [2.05, 4.69) is 32.1 Å². The van der Waals surface area contributed by atoms with Crippen LogP contribution in [0.15, 0.2) is 30.5 Å². The number of rotatable bonds is 12. The zero-order chi connectivity index (χ0) is 22.8. The summed E-state index contributed by atoms with van der Waals surface area (Å²) in [6.45, 7) is 8.29. The van der Waals surface area contributed by atoms with Gasteiger partial charge in [0.05, 0.1) is 26.5 Å². The number of nitrogens with one attached hydrogen (secondary N) is 1. The first kappa shape index (κ1) is 24.2. The summed E-state index contributed by atoms with van der Waals surface area (Å²) in [5, 5.41) is 6.86. The Bertz CT molecular complexity index is 833. The summed E-state index contributed by atoms with van der Waals surface area (Å²) in [7, 11) is 3.45. The first-order valence-corrected chi connectivity index (χ1v) is 11.4. The molecule has 0 aliphatic carbocycles. The van der Waals surface area contributed by atoms with Crippen molar-refractivity contribution in [2.45, 2.75) is 32.9 Å². The Labute approximate surface area is 190 Å². The van der Waals surface area contributed by atoms with Gasteiger partial charge in [0.2, 0.25) is 0 Å². The van der Waals surface area contributed by atoms with E-state index in [4.69, 9.17) is 14.2 Å². The number of methoxy groups -OCH3 is 2. The van der Waals surface area contributed by atoms with Gasteiger partial charge < -0.3 is 14.2 Å². The minimum Gasteiger partial charge on any atom is -0.496 e. The molecule has 0 unspecified atom stereocenters. The fraction of sp³-hybridized carbons (Fsp3) is 0.583. The maximum atomic E-state index is 12.2. The second kappa shape index (κ2) is 12.6. The second-order valence-corrected chi connectivity index (χ2v) is 8.25. The third-order valence-corrected chi connectivity index (χ3v) is 6.01. The van der Waals surface area contributed by atoms with Gasteiger partial charge in [0.1, 0.15) is 11.4 Å². The van der Waals surface area contributed by atoms with E-state index in [1.165, 1.54) is 5.56 Å². The molecule has 1 aromatic heterocycles. The van der Waals surface area contributed by atoms with Crippen molar-refractivity contribution >= 4 is 5.97 Å². The zero-order valence-electron chi connectivity index (χ0n) is 19.5. The van der Waals surface area contributed by atoms with Gasteiger partial charge in [0.25, 0.3) is 0 Å². The predicted octanol–water partition coefficient (Wildman–Crippen LogP) is 2.96. The van der Waals surface area contributed by atoms with Crippen LogP contribution in [0, 0.1) is 5.92 Å². The number of carbonyl (C=O) groups is 1. The Balaban J connectivity index is 1.54. The normalized spacial score (nSPS) is 15.2. The van der Waals surface area contributed by atoms with Gasteiger partial charge in [-0.05, 0) is 44.8 Å². The van der Waals surface area contributed by atoms with E-state index in [1.807, 2.05) is 12.1 Å². The summed E-state index contributed by atoms with van der Waals surface area (Å²) < 4.78 is 16.0. The van der Waals surface area contributed by atoms with Crippen molar-refractivity contribution in [3.8, 4) is 5.75 Å². The number of esters is 1. The molecule has 3 rings (SSSR count). The van der Waals surface area contributed by atoms with Crippen LogP contribution >= 0.6 is 0 Å². The van der Waals surface area contributed by atoms with Gasteiger partial charge in [0, 0.05) is 44.4 Å². The Morgan fingerprint density at radius 1 is 1.22 bits per heavy atom. The molecule has 1 saturated heterocycles. The number of H-pyrrole nitrogens is 1. The van der Waals surface area contributed by atoms with Crippen LogP contribution in [0.2, 0.25) is 0 Å². The highest BCUT2D eigenvalue weighted by molar-refractivity contribution is 5.88. The SMILES string of the molecule is CCOC(=O)c1[nH]ncc1CN(CCOC)CC1CCN(Cc2ccccc2OC)CC1. The highest BCUT2D eigenvalue weighted by Crippen LogP contribution is 2.24. The molecule has 0 spiro atoms. The molecule has 8 nitrogen and oxygen atoms in total. The Kier molecular flexibility index (Phi) is 9.52. The topological polar surface area (TPSA) is 79.9 Å². The van der Waals surface area contributed by atoms with Gasteiger partial charge in [-0.25, -0.2) is 4.79 Å². The molecular weight excluding hydrogens is 408 g/mol. The molecule has 2 heterocycles. The predicted molar refractivity (Wildman–Crippen MR) is 123 cm³/mol. The first-order chi connectivity index (χ1) is 15.6. The molecule has 0 radical (unpaired) electrons. The van der Waals surface area contributed by atoms with Crippen molar-refractivity contribution in [2.24, 2.45) is 5.92 Å². The summed E-state index contributed by atoms with van der Waals surface area (Å²) in [4.78, 5) is 17.1. The number of hydrogen-bond acceptors (Lipinski definition) is 7. The smallest absolute Gasteiger partial charge is 0.356 e. The standard InChI is InChI=1S/C24H36N4O4/c1-4-32-24(29)23-21(15-25-26-23)18-28(13-14-30-2)16-19-9-11-27(12-10-19)17-20-7-5-6-8-22(20)31-3/h5-8,15,19H,4,9-14,16-18H2,1-3H3,(H,25,26). The third-order valence-electron chi connectivity index (χ3n) is 6.01. The molecular formula is C24H36N4O4. The van der Waals surface area contributed by atoms with Gasteiger partial charge in [-0.3, -0.25) is 14.9 Å². The van der Waals surface area contributed by atoms with Crippen molar-refractivity contribution in [3.05, 3.63) is 47.3 Å². The number of hydrogen-bond donors (Lipinski definition) is 1. The Hall–Kier alpha value is -2.42. The minimum atomic E-state index is -0.351. The van der Waals surface area contributed by atoms with Gasteiger partial charge in [-0.1, -0.05) is 18.2 Å². The molecule has 0 saturated carbocycles. The third kappa shape index (κ3) is 6.79. The number of ether oxygens (including phenoxy) is 3. The largest absolute Gasteiger partial charge is 0.496 e. The number of likely N-dealkylation sites (tertiary alicyclic amines) is 1. The highest BCUT2D eigenvalue weighted by Gasteiger charge is 2.24. The van der Waals surface area contributed by atoms with E-state index < -0.39 is 0 Å². The van der Waals surface area contributed by atoms with E-state index in [-0.39, 0.29) is 5.97 Å². The number of nitrogens with zero attached hydrogens (tertiary/aromatic N) is 3. The Morgan fingerprint density at radius 2 is 2.00 bits per heavy atom. The van der Waals surface area contributed by atoms with Gasteiger partial charge in [-0.2, -0.15) is 5.10 Å². The molecule has 1 aromatic carbocycles. The number of benzene rings is 1. The molecule has 8 heteroatoms. The fourth-order valence-electron chi connectivity index (χ4n) is 4.27. The van der Waals surface area contributed by atoms with Crippen LogP contribution < -0.4 is 4.74 Å². The average molecular weight is 445 g/mol. The van der Waals surface area contributed by atoms with E-state index in [0.717, 1.165) is 56.9 Å². The summed E-state index contributed by atoms with van der Waals surface area (Å²) >= 11 is 0. The minimum absolute atomic E-state index is 0.345. The summed E-state index contributed by atoms with van der Waals surface area (Å²) in [5.41, 5.74) is 2.55. The number of carbonyl (C=O) groups excluding carboxylic acids is 1. The van der Waals surface area contributed by atoms with Crippen molar-refractivity contribution in [2.75, 3.05) is 53.6 Å². The van der Waals surface area contributed by atoms with Crippen LogP contribution in [0.3, 0.4) is 0 Å². The van der Waals surface area contributed by atoms with E-state index in [9.17, 15) is 4.79 Å². The number of para-hydroxylation sites is 1. The van der Waals surface area contributed by atoms with E-state index >= 15 is 0 Å². The molecule has 176 valence electrons. The lowest BCUT2D eigenvalue weighted by molar-refractivity contribution is 0.0515. The number of aromatic nitrogens is 2. The second-order valence-electron chi connectivity index (χ2n) is 8.25. The van der Waals surface area contributed by atoms with Crippen LogP contribution in [0.1, 0.15) is 41.4 Å². The maximum absolute atomic E-state index is 12.2. The molecule has 0 amide bonds. The van der Waals surface area contributed by atoms with Gasteiger partial charge in [-0.15, -0.1) is 0 Å². The molecule has 0 bridgehead atoms. The van der Waals surface area contributed by atoms with E-state index in [1.54, 1.807) is 27.3 Å². The monoisotopic (exact) mass is 444 g/mol. The summed E-state index contributed by atoms with van der Waals surface area (Å²) in [6, 6.07) is 8.24. The highest BCUT2D eigenvalue weighted by atomic mass is 16.5. The summed E-state index contributed by atoms with van der Waals surface area (Å²) in [6.07, 6.45) is 4.02. The quantitative estimate of drug-likeness (QED) is 0.504. The van der Waals surface area contributed by atoms with Crippen molar-refractivity contribution in [3.63, 3.8) is 0 Å². The van der Waals surface area contributed by atoms with Crippen molar-refractivity contribution in [1.82, 2.24) is 20.0 Å². The van der Waals surface area contributed by atoms with Crippen LogP contribution in [0.4, 0.5) is 0 Å². The van der Waals surface area contributed by atoms with Crippen molar-refractivity contribution < 1.29 is 19.0 Å². The molecule has 2 aromatic rings. The molecule has 1 fully saturated rings. The first-order valence-electron chi connectivity index (χ1n) is 11.4. The number of piperidine rings is 1. The van der Waals surface area contributed by atoms with Crippen LogP contribution in [0.5, 0.6) is 5.75 Å².